The fourth-order valence-corrected chi connectivity index (χ4v) is 2.68. The van der Waals surface area contributed by atoms with Gasteiger partial charge in [0.25, 0.3) is 5.91 Å². The van der Waals surface area contributed by atoms with Gasteiger partial charge in [0.05, 0.1) is 6.04 Å². The number of rotatable bonds is 6. The van der Waals surface area contributed by atoms with Gasteiger partial charge in [0, 0.05) is 0 Å². The summed E-state index contributed by atoms with van der Waals surface area (Å²) in [4.78, 5) is 12.4. The van der Waals surface area contributed by atoms with Crippen molar-refractivity contribution in [2.75, 3.05) is 0 Å². The summed E-state index contributed by atoms with van der Waals surface area (Å²) in [7, 11) is 0. The Bertz CT molecular complexity index is 883. The third kappa shape index (κ3) is 4.33. The van der Waals surface area contributed by atoms with Gasteiger partial charge in [0.1, 0.15) is 18.1 Å². The zero-order chi connectivity index (χ0) is 18.5. The zero-order valence-corrected chi connectivity index (χ0v) is 15.3. The van der Waals surface area contributed by atoms with Crippen molar-refractivity contribution in [1.82, 2.24) is 5.32 Å². The lowest BCUT2D eigenvalue weighted by Gasteiger charge is -2.13. The van der Waals surface area contributed by atoms with E-state index in [9.17, 15) is 4.79 Å². The van der Waals surface area contributed by atoms with Gasteiger partial charge >= 0.3 is 0 Å². The third-order valence-electron chi connectivity index (χ3n) is 4.25. The molecule has 1 N–H and O–H groups in total. The van der Waals surface area contributed by atoms with E-state index in [4.69, 9.17) is 9.15 Å². The SMILES string of the molecule is Cc1ccc(C)c(OCc2ccc(C(=O)NC(C)c3ccccc3)o2)c1. The van der Waals surface area contributed by atoms with Gasteiger partial charge in [-0.2, -0.15) is 0 Å². The van der Waals surface area contributed by atoms with Gasteiger partial charge in [0.2, 0.25) is 0 Å². The van der Waals surface area contributed by atoms with E-state index in [0.29, 0.717) is 5.76 Å². The summed E-state index contributed by atoms with van der Waals surface area (Å²) in [5.74, 6) is 1.49. The summed E-state index contributed by atoms with van der Waals surface area (Å²) in [6.07, 6.45) is 0. The maximum atomic E-state index is 12.4. The van der Waals surface area contributed by atoms with Crippen LogP contribution in [0.25, 0.3) is 0 Å². The predicted molar refractivity (Wildman–Crippen MR) is 101 cm³/mol. The van der Waals surface area contributed by atoms with Crippen LogP contribution >= 0.6 is 0 Å². The van der Waals surface area contributed by atoms with Crippen LogP contribution in [0.3, 0.4) is 0 Å². The van der Waals surface area contributed by atoms with Gasteiger partial charge in [-0.3, -0.25) is 4.79 Å². The zero-order valence-electron chi connectivity index (χ0n) is 15.3. The van der Waals surface area contributed by atoms with Crippen LogP contribution in [0.1, 0.15) is 46.0 Å². The first kappa shape index (κ1) is 17.8. The van der Waals surface area contributed by atoms with Crippen LogP contribution in [0.2, 0.25) is 0 Å². The van der Waals surface area contributed by atoms with Crippen molar-refractivity contribution in [2.24, 2.45) is 0 Å². The summed E-state index contributed by atoms with van der Waals surface area (Å²) in [6, 6.07) is 19.2. The maximum absolute atomic E-state index is 12.4. The molecule has 0 saturated carbocycles. The highest BCUT2D eigenvalue weighted by Crippen LogP contribution is 2.21. The molecule has 0 aliphatic rings. The first-order valence-corrected chi connectivity index (χ1v) is 8.67. The van der Waals surface area contributed by atoms with Crippen LogP contribution in [0.4, 0.5) is 0 Å². The molecule has 1 aromatic heterocycles. The van der Waals surface area contributed by atoms with Crippen molar-refractivity contribution in [3.63, 3.8) is 0 Å². The number of hydrogen-bond donors (Lipinski definition) is 1. The average molecular weight is 349 g/mol. The van der Waals surface area contributed by atoms with E-state index < -0.39 is 0 Å². The van der Waals surface area contributed by atoms with Crippen LogP contribution in [0.15, 0.2) is 65.1 Å². The van der Waals surface area contributed by atoms with Crippen molar-refractivity contribution >= 4 is 5.91 Å². The summed E-state index contributed by atoms with van der Waals surface area (Å²) in [5.41, 5.74) is 3.25. The molecule has 3 rings (SSSR count). The summed E-state index contributed by atoms with van der Waals surface area (Å²) >= 11 is 0. The summed E-state index contributed by atoms with van der Waals surface area (Å²) in [5, 5.41) is 2.94. The maximum Gasteiger partial charge on any atom is 0.287 e. The number of amides is 1. The first-order chi connectivity index (χ1) is 12.5. The van der Waals surface area contributed by atoms with E-state index >= 15 is 0 Å². The smallest absolute Gasteiger partial charge is 0.287 e. The minimum atomic E-state index is -0.237. The molecule has 26 heavy (non-hydrogen) atoms. The van der Waals surface area contributed by atoms with Crippen LogP contribution in [-0.4, -0.2) is 5.91 Å². The Labute approximate surface area is 153 Å². The number of carbonyl (C=O) groups is 1. The van der Waals surface area contributed by atoms with E-state index in [0.717, 1.165) is 22.4 Å². The second-order valence-corrected chi connectivity index (χ2v) is 6.43. The van der Waals surface area contributed by atoms with E-state index in [2.05, 4.69) is 5.32 Å². The lowest BCUT2D eigenvalue weighted by Crippen LogP contribution is -2.26. The molecule has 134 valence electrons. The Balaban J connectivity index is 1.60. The van der Waals surface area contributed by atoms with Crippen molar-refractivity contribution < 1.29 is 13.9 Å². The number of nitrogens with one attached hydrogen (secondary N) is 1. The molecule has 1 atom stereocenters. The van der Waals surface area contributed by atoms with Gasteiger partial charge in [-0.05, 0) is 55.7 Å². The third-order valence-corrected chi connectivity index (χ3v) is 4.25. The Morgan fingerprint density at radius 2 is 1.85 bits per heavy atom. The Morgan fingerprint density at radius 3 is 2.62 bits per heavy atom. The molecule has 0 aliphatic carbocycles. The molecule has 0 aliphatic heterocycles. The average Bonchev–Trinajstić information content (AvgIpc) is 3.12. The van der Waals surface area contributed by atoms with Gasteiger partial charge in [0.15, 0.2) is 5.76 Å². The highest BCUT2D eigenvalue weighted by Gasteiger charge is 2.15. The number of aryl methyl sites for hydroxylation is 2. The largest absolute Gasteiger partial charge is 0.485 e. The minimum absolute atomic E-state index is 0.0940. The highest BCUT2D eigenvalue weighted by molar-refractivity contribution is 5.91. The molecular formula is C22H23NO3. The van der Waals surface area contributed by atoms with Crippen LogP contribution in [0.5, 0.6) is 5.75 Å². The van der Waals surface area contributed by atoms with Crippen molar-refractivity contribution in [3.8, 4) is 5.75 Å². The Morgan fingerprint density at radius 1 is 1.08 bits per heavy atom. The molecule has 4 nitrogen and oxygen atoms in total. The molecule has 1 heterocycles. The molecule has 2 aromatic carbocycles. The van der Waals surface area contributed by atoms with Crippen molar-refractivity contribution in [1.29, 1.82) is 0 Å². The Kier molecular flexibility index (Phi) is 5.42. The van der Waals surface area contributed by atoms with Gasteiger partial charge in [-0.1, -0.05) is 42.5 Å². The number of hydrogen-bond acceptors (Lipinski definition) is 3. The number of benzene rings is 2. The lowest BCUT2D eigenvalue weighted by atomic mass is 10.1. The first-order valence-electron chi connectivity index (χ1n) is 8.67. The predicted octanol–water partition coefficient (Wildman–Crippen LogP) is 4.97. The molecule has 4 heteroatoms. The topological polar surface area (TPSA) is 51.5 Å². The second kappa shape index (κ2) is 7.91. The van der Waals surface area contributed by atoms with Gasteiger partial charge < -0.3 is 14.5 Å². The normalized spacial score (nSPS) is 11.8. The van der Waals surface area contributed by atoms with E-state index in [1.165, 1.54) is 0 Å². The van der Waals surface area contributed by atoms with E-state index in [1.807, 2.05) is 69.3 Å². The monoisotopic (exact) mass is 349 g/mol. The molecule has 1 unspecified atom stereocenters. The van der Waals surface area contributed by atoms with Crippen molar-refractivity contribution in [3.05, 3.63) is 88.9 Å². The molecule has 0 radical (unpaired) electrons. The molecule has 0 saturated heterocycles. The van der Waals surface area contributed by atoms with Gasteiger partial charge in [-0.25, -0.2) is 0 Å². The highest BCUT2D eigenvalue weighted by atomic mass is 16.5. The summed E-state index contributed by atoms with van der Waals surface area (Å²) in [6.45, 7) is 6.25. The fraction of sp³-hybridized carbons (Fsp3) is 0.227. The van der Waals surface area contributed by atoms with Crippen molar-refractivity contribution in [2.45, 2.75) is 33.4 Å². The Hall–Kier alpha value is -3.01. The number of carbonyl (C=O) groups excluding carboxylic acids is 1. The second-order valence-electron chi connectivity index (χ2n) is 6.43. The summed E-state index contributed by atoms with van der Waals surface area (Å²) < 4.78 is 11.5. The standard InChI is InChI=1S/C22H23NO3/c1-15-9-10-16(2)21(13-15)25-14-19-11-12-20(26-19)22(24)23-17(3)18-7-5-4-6-8-18/h4-13,17H,14H2,1-3H3,(H,23,24). The molecule has 3 aromatic rings. The van der Waals surface area contributed by atoms with Crippen LogP contribution in [-0.2, 0) is 6.61 Å². The lowest BCUT2D eigenvalue weighted by molar-refractivity contribution is 0.0907. The van der Waals surface area contributed by atoms with Gasteiger partial charge in [-0.15, -0.1) is 0 Å². The number of ether oxygens (including phenoxy) is 1. The van der Waals surface area contributed by atoms with E-state index in [1.54, 1.807) is 12.1 Å². The minimum Gasteiger partial charge on any atom is -0.485 e. The van der Waals surface area contributed by atoms with Crippen LogP contribution < -0.4 is 10.1 Å². The quantitative estimate of drug-likeness (QED) is 0.684. The van der Waals surface area contributed by atoms with Crippen LogP contribution in [0, 0.1) is 13.8 Å². The molecule has 0 fully saturated rings. The molecular weight excluding hydrogens is 326 g/mol. The molecule has 0 bridgehead atoms. The molecule has 0 spiro atoms. The van der Waals surface area contributed by atoms with E-state index in [-0.39, 0.29) is 24.3 Å². The number of furan rings is 1. The fourth-order valence-electron chi connectivity index (χ4n) is 2.68. The molecule has 1 amide bonds.